The van der Waals surface area contributed by atoms with Gasteiger partial charge in [0.05, 0.1) is 0 Å². The van der Waals surface area contributed by atoms with Crippen LogP contribution in [0.25, 0.3) is 10.9 Å². The van der Waals surface area contributed by atoms with E-state index in [0.717, 1.165) is 24.9 Å². The second-order valence-electron chi connectivity index (χ2n) is 6.66. The number of para-hydroxylation sites is 1. The van der Waals surface area contributed by atoms with E-state index < -0.39 is 0 Å². The highest BCUT2D eigenvalue weighted by Gasteiger charge is 2.21. The van der Waals surface area contributed by atoms with E-state index in [4.69, 9.17) is 0 Å². The van der Waals surface area contributed by atoms with E-state index in [1.807, 2.05) is 12.1 Å². The topological polar surface area (TPSA) is 44.9 Å². The maximum absolute atomic E-state index is 12.5. The largest absolute Gasteiger partial charge is 0.361 e. The number of unbranched alkanes of at least 4 members (excludes halogenated alkanes) is 1. The summed E-state index contributed by atoms with van der Waals surface area (Å²) in [5.74, 6) is 0.169. The minimum Gasteiger partial charge on any atom is -0.361 e. The third-order valence-electron chi connectivity index (χ3n) is 4.68. The molecule has 0 bridgehead atoms. The fourth-order valence-electron chi connectivity index (χ4n) is 3.34. The highest BCUT2D eigenvalue weighted by atomic mass is 16.1. The minimum absolute atomic E-state index is 0.0534. The quantitative estimate of drug-likeness (QED) is 0.592. The van der Waals surface area contributed by atoms with E-state index in [1.54, 1.807) is 0 Å². The lowest BCUT2D eigenvalue weighted by Crippen LogP contribution is -2.26. The molecule has 0 spiro atoms. The SMILES string of the molecule is CCCCNC(=O)CC(c1cccc(C)c1)c1c[nH]c2ccccc12. The Kier molecular flexibility index (Phi) is 5.54. The van der Waals surface area contributed by atoms with Gasteiger partial charge >= 0.3 is 0 Å². The van der Waals surface area contributed by atoms with Gasteiger partial charge in [-0.05, 0) is 30.5 Å². The van der Waals surface area contributed by atoms with Crippen LogP contribution in [0.2, 0.25) is 0 Å². The Bertz CT molecular complexity index is 850. The molecule has 3 rings (SSSR count). The van der Waals surface area contributed by atoms with E-state index in [1.165, 1.54) is 22.1 Å². The summed E-state index contributed by atoms with van der Waals surface area (Å²) in [6.07, 6.45) is 4.63. The van der Waals surface area contributed by atoms with Gasteiger partial charge in [-0.3, -0.25) is 4.79 Å². The number of nitrogens with one attached hydrogen (secondary N) is 2. The zero-order chi connectivity index (χ0) is 17.6. The van der Waals surface area contributed by atoms with E-state index in [9.17, 15) is 4.79 Å². The normalized spacial score (nSPS) is 12.2. The molecule has 1 amide bonds. The molecule has 3 aromatic rings. The first-order valence-corrected chi connectivity index (χ1v) is 9.08. The van der Waals surface area contributed by atoms with Crippen molar-refractivity contribution < 1.29 is 4.79 Å². The van der Waals surface area contributed by atoms with Crippen LogP contribution in [0.5, 0.6) is 0 Å². The lowest BCUT2D eigenvalue weighted by molar-refractivity contribution is -0.121. The fourth-order valence-corrected chi connectivity index (χ4v) is 3.34. The van der Waals surface area contributed by atoms with Crippen LogP contribution in [0.3, 0.4) is 0 Å². The Morgan fingerprint density at radius 2 is 2.00 bits per heavy atom. The van der Waals surface area contributed by atoms with E-state index in [0.29, 0.717) is 6.42 Å². The monoisotopic (exact) mass is 334 g/mol. The van der Waals surface area contributed by atoms with Gasteiger partial charge in [-0.2, -0.15) is 0 Å². The maximum Gasteiger partial charge on any atom is 0.220 e. The molecule has 0 fully saturated rings. The van der Waals surface area contributed by atoms with Crippen molar-refractivity contribution in [1.29, 1.82) is 0 Å². The highest BCUT2D eigenvalue weighted by Crippen LogP contribution is 2.33. The van der Waals surface area contributed by atoms with Crippen LogP contribution in [0.15, 0.2) is 54.7 Å². The predicted octanol–water partition coefficient (Wildman–Crippen LogP) is 4.91. The number of aromatic amines is 1. The summed E-state index contributed by atoms with van der Waals surface area (Å²) in [6.45, 7) is 4.98. The molecule has 25 heavy (non-hydrogen) atoms. The third kappa shape index (κ3) is 4.11. The van der Waals surface area contributed by atoms with Crippen molar-refractivity contribution in [2.45, 2.75) is 39.0 Å². The van der Waals surface area contributed by atoms with Gasteiger partial charge in [-0.25, -0.2) is 0 Å². The second-order valence-corrected chi connectivity index (χ2v) is 6.66. The van der Waals surface area contributed by atoms with E-state index in [-0.39, 0.29) is 11.8 Å². The molecule has 130 valence electrons. The Balaban J connectivity index is 1.93. The molecule has 0 saturated carbocycles. The van der Waals surface area contributed by atoms with Gasteiger partial charge in [0, 0.05) is 36.0 Å². The molecular formula is C22H26N2O. The smallest absolute Gasteiger partial charge is 0.220 e. The number of benzene rings is 2. The molecule has 0 radical (unpaired) electrons. The number of carbonyl (C=O) groups is 1. The van der Waals surface area contributed by atoms with Crippen LogP contribution in [-0.2, 0) is 4.79 Å². The first-order valence-electron chi connectivity index (χ1n) is 9.08. The molecule has 1 heterocycles. The van der Waals surface area contributed by atoms with Crippen LogP contribution in [0.1, 0.15) is 48.8 Å². The minimum atomic E-state index is 0.0534. The number of rotatable bonds is 7. The Morgan fingerprint density at radius 3 is 2.80 bits per heavy atom. The van der Waals surface area contributed by atoms with Crippen LogP contribution in [0.4, 0.5) is 0 Å². The number of hydrogen-bond donors (Lipinski definition) is 2. The average Bonchev–Trinajstić information content (AvgIpc) is 3.04. The Labute approximate surface area is 149 Å². The zero-order valence-electron chi connectivity index (χ0n) is 15.0. The number of amides is 1. The molecule has 0 aliphatic carbocycles. The standard InChI is InChI=1S/C22H26N2O/c1-3-4-12-23-22(25)14-19(17-9-7-8-16(2)13-17)20-15-24-21-11-6-5-10-18(20)21/h5-11,13,15,19,24H,3-4,12,14H2,1-2H3,(H,23,25). The molecule has 2 aromatic carbocycles. The molecule has 1 aromatic heterocycles. The van der Waals surface area contributed by atoms with Gasteiger partial charge in [0.15, 0.2) is 0 Å². The Morgan fingerprint density at radius 1 is 1.16 bits per heavy atom. The number of fused-ring (bicyclic) bond motifs is 1. The van der Waals surface area contributed by atoms with E-state index >= 15 is 0 Å². The molecule has 0 aliphatic rings. The lowest BCUT2D eigenvalue weighted by atomic mass is 9.87. The van der Waals surface area contributed by atoms with Gasteiger partial charge in [0.1, 0.15) is 0 Å². The van der Waals surface area contributed by atoms with Crippen molar-refractivity contribution >= 4 is 16.8 Å². The average molecular weight is 334 g/mol. The summed E-state index contributed by atoms with van der Waals surface area (Å²) in [5, 5.41) is 4.25. The molecule has 0 saturated heterocycles. The number of aromatic nitrogens is 1. The second kappa shape index (κ2) is 8.02. The van der Waals surface area contributed by atoms with Crippen molar-refractivity contribution in [2.75, 3.05) is 6.54 Å². The molecule has 3 nitrogen and oxygen atoms in total. The van der Waals surface area contributed by atoms with Gasteiger partial charge in [0.2, 0.25) is 5.91 Å². The molecule has 1 unspecified atom stereocenters. The molecule has 0 aliphatic heterocycles. The maximum atomic E-state index is 12.5. The van der Waals surface area contributed by atoms with Crippen molar-refractivity contribution in [1.82, 2.24) is 10.3 Å². The van der Waals surface area contributed by atoms with Crippen molar-refractivity contribution in [3.8, 4) is 0 Å². The third-order valence-corrected chi connectivity index (χ3v) is 4.68. The first kappa shape index (κ1) is 17.3. The zero-order valence-corrected chi connectivity index (χ0v) is 15.0. The number of hydrogen-bond acceptors (Lipinski definition) is 1. The lowest BCUT2D eigenvalue weighted by Gasteiger charge is -2.18. The van der Waals surface area contributed by atoms with Crippen molar-refractivity contribution in [3.05, 3.63) is 71.4 Å². The molecule has 1 atom stereocenters. The van der Waals surface area contributed by atoms with E-state index in [2.05, 4.69) is 66.7 Å². The fraction of sp³-hybridized carbons (Fsp3) is 0.318. The Hall–Kier alpha value is -2.55. The first-order chi connectivity index (χ1) is 12.2. The van der Waals surface area contributed by atoms with Crippen LogP contribution in [0, 0.1) is 6.92 Å². The summed E-state index contributed by atoms with van der Waals surface area (Å²) >= 11 is 0. The van der Waals surface area contributed by atoms with Crippen LogP contribution >= 0.6 is 0 Å². The summed E-state index contributed by atoms with van der Waals surface area (Å²) in [5.41, 5.74) is 4.71. The summed E-state index contributed by atoms with van der Waals surface area (Å²) in [4.78, 5) is 15.8. The highest BCUT2D eigenvalue weighted by molar-refractivity contribution is 5.86. The molecule has 2 N–H and O–H groups in total. The number of aryl methyl sites for hydroxylation is 1. The molecular weight excluding hydrogens is 308 g/mol. The van der Waals surface area contributed by atoms with Crippen LogP contribution in [-0.4, -0.2) is 17.4 Å². The van der Waals surface area contributed by atoms with Gasteiger partial charge in [-0.1, -0.05) is 61.4 Å². The summed E-state index contributed by atoms with van der Waals surface area (Å²) in [7, 11) is 0. The van der Waals surface area contributed by atoms with Crippen molar-refractivity contribution in [3.63, 3.8) is 0 Å². The van der Waals surface area contributed by atoms with Gasteiger partial charge in [0.25, 0.3) is 0 Å². The van der Waals surface area contributed by atoms with Crippen molar-refractivity contribution in [2.24, 2.45) is 0 Å². The summed E-state index contributed by atoms with van der Waals surface area (Å²) in [6, 6.07) is 16.8. The van der Waals surface area contributed by atoms with Gasteiger partial charge < -0.3 is 10.3 Å². The van der Waals surface area contributed by atoms with Gasteiger partial charge in [-0.15, -0.1) is 0 Å². The number of carbonyl (C=O) groups excluding carboxylic acids is 1. The molecule has 3 heteroatoms. The number of H-pyrrole nitrogens is 1. The predicted molar refractivity (Wildman–Crippen MR) is 104 cm³/mol. The summed E-state index contributed by atoms with van der Waals surface area (Å²) < 4.78 is 0. The van der Waals surface area contributed by atoms with Crippen LogP contribution < -0.4 is 5.32 Å².